The van der Waals surface area contributed by atoms with Crippen molar-refractivity contribution in [1.82, 2.24) is 9.97 Å². The lowest BCUT2D eigenvalue weighted by atomic mass is 9.81. The molecule has 8 aromatic rings. The Bertz CT molecular complexity index is 2470. The Kier molecular flexibility index (Phi) is 6.20. The molecule has 2 heteroatoms. The van der Waals surface area contributed by atoms with E-state index in [1.165, 1.54) is 44.5 Å². The van der Waals surface area contributed by atoms with Gasteiger partial charge in [0.25, 0.3) is 0 Å². The Hall–Kier alpha value is -5.86. The predicted octanol–water partition coefficient (Wildman–Crippen LogP) is 11.8. The highest BCUT2D eigenvalue weighted by molar-refractivity contribution is 6.04. The first-order valence-electron chi connectivity index (χ1n) is 16.2. The molecule has 0 N–H and O–H groups in total. The van der Waals surface area contributed by atoms with Gasteiger partial charge < -0.3 is 0 Å². The van der Waals surface area contributed by atoms with Crippen LogP contribution in [-0.4, -0.2) is 9.97 Å². The average Bonchev–Trinajstić information content (AvgIpc) is 3.37. The molecule has 0 amide bonds. The van der Waals surface area contributed by atoms with Crippen LogP contribution in [0.5, 0.6) is 0 Å². The fourth-order valence-electron chi connectivity index (χ4n) is 7.30. The van der Waals surface area contributed by atoms with Crippen LogP contribution in [0.3, 0.4) is 0 Å². The van der Waals surface area contributed by atoms with E-state index in [0.717, 1.165) is 44.3 Å². The molecule has 2 aromatic heterocycles. The minimum Gasteiger partial charge on any atom is -0.245 e. The van der Waals surface area contributed by atoms with Crippen molar-refractivity contribution in [2.75, 3.05) is 0 Å². The summed E-state index contributed by atoms with van der Waals surface area (Å²) in [7, 11) is 0. The van der Waals surface area contributed by atoms with Crippen LogP contribution in [0.2, 0.25) is 0 Å². The fourth-order valence-corrected chi connectivity index (χ4v) is 7.30. The van der Waals surface area contributed by atoms with Gasteiger partial charge in [0.05, 0.1) is 22.4 Å². The van der Waals surface area contributed by atoms with Crippen LogP contribution in [-0.2, 0) is 5.41 Å². The topological polar surface area (TPSA) is 25.8 Å². The number of hydrogen-bond acceptors (Lipinski definition) is 2. The first-order chi connectivity index (χ1) is 23.0. The molecular formula is C45H32N2. The standard InChI is InChI=1S/C45H32N2/c1-45(2)39-14-7-6-13-37(39)38-24-21-35(28-40(38)45)30-17-15-29(16-18-30)34-11-8-12-36(27-34)42-26-23-33-20-19-32-22-25-41(31-9-4-3-5-10-31)46-43(32)44(33)47-42/h3-28H,1-2H3. The summed E-state index contributed by atoms with van der Waals surface area (Å²) in [5, 5.41) is 2.18. The predicted molar refractivity (Wildman–Crippen MR) is 196 cm³/mol. The third kappa shape index (κ3) is 4.56. The van der Waals surface area contributed by atoms with Gasteiger partial charge in [-0.3, -0.25) is 0 Å². The lowest BCUT2D eigenvalue weighted by Gasteiger charge is -2.22. The first kappa shape index (κ1) is 27.5. The first-order valence-corrected chi connectivity index (χ1v) is 16.2. The Morgan fingerprint density at radius 2 is 0.872 bits per heavy atom. The van der Waals surface area contributed by atoms with Crippen LogP contribution < -0.4 is 0 Å². The molecule has 6 aromatic carbocycles. The third-order valence-corrected chi connectivity index (χ3v) is 9.88. The van der Waals surface area contributed by atoms with Gasteiger partial charge in [-0.05, 0) is 68.8 Å². The van der Waals surface area contributed by atoms with Gasteiger partial charge in [-0.25, -0.2) is 9.97 Å². The smallest absolute Gasteiger partial charge is 0.0972 e. The van der Waals surface area contributed by atoms with E-state index in [2.05, 4.69) is 153 Å². The molecule has 0 spiro atoms. The van der Waals surface area contributed by atoms with E-state index < -0.39 is 0 Å². The molecule has 1 aliphatic carbocycles. The lowest BCUT2D eigenvalue weighted by molar-refractivity contribution is 0.660. The van der Waals surface area contributed by atoms with Crippen LogP contribution in [0.25, 0.3) is 77.7 Å². The number of fused-ring (bicyclic) bond motifs is 6. The second-order valence-corrected chi connectivity index (χ2v) is 13.1. The number of rotatable bonds is 4. The van der Waals surface area contributed by atoms with Crippen molar-refractivity contribution in [2.45, 2.75) is 19.3 Å². The average molecular weight is 601 g/mol. The molecule has 222 valence electrons. The van der Waals surface area contributed by atoms with Gasteiger partial charge >= 0.3 is 0 Å². The summed E-state index contributed by atoms with van der Waals surface area (Å²) >= 11 is 0. The van der Waals surface area contributed by atoms with E-state index in [-0.39, 0.29) is 5.41 Å². The number of nitrogens with zero attached hydrogens (tertiary/aromatic N) is 2. The van der Waals surface area contributed by atoms with Crippen LogP contribution in [0.4, 0.5) is 0 Å². The van der Waals surface area contributed by atoms with Crippen molar-refractivity contribution in [3.05, 3.63) is 169 Å². The normalized spacial score (nSPS) is 13.1. The van der Waals surface area contributed by atoms with Crippen molar-refractivity contribution in [1.29, 1.82) is 0 Å². The Morgan fingerprint density at radius 1 is 0.362 bits per heavy atom. The van der Waals surface area contributed by atoms with Crippen LogP contribution in [0, 0.1) is 0 Å². The molecule has 0 fully saturated rings. The molecule has 2 nitrogen and oxygen atoms in total. The molecule has 47 heavy (non-hydrogen) atoms. The zero-order chi connectivity index (χ0) is 31.5. The SMILES string of the molecule is CC1(C)c2ccccc2-c2ccc(-c3ccc(-c4cccc(-c5ccc6ccc7ccc(-c8ccccc8)nc7c6n5)c4)cc3)cc21. The van der Waals surface area contributed by atoms with Crippen molar-refractivity contribution < 1.29 is 0 Å². The minimum absolute atomic E-state index is 0.00828. The largest absolute Gasteiger partial charge is 0.245 e. The van der Waals surface area contributed by atoms with Crippen LogP contribution >= 0.6 is 0 Å². The Morgan fingerprint density at radius 3 is 1.57 bits per heavy atom. The summed E-state index contributed by atoms with van der Waals surface area (Å²) in [6.07, 6.45) is 0. The molecule has 1 aliphatic rings. The van der Waals surface area contributed by atoms with Crippen molar-refractivity contribution in [3.8, 4) is 55.9 Å². The van der Waals surface area contributed by atoms with Gasteiger partial charge in [-0.2, -0.15) is 0 Å². The van der Waals surface area contributed by atoms with Gasteiger partial charge in [0.15, 0.2) is 0 Å². The maximum absolute atomic E-state index is 5.19. The molecular weight excluding hydrogens is 569 g/mol. The summed E-state index contributed by atoms with van der Waals surface area (Å²) in [5.41, 5.74) is 16.3. The van der Waals surface area contributed by atoms with Gasteiger partial charge in [0.1, 0.15) is 0 Å². The number of benzene rings is 6. The van der Waals surface area contributed by atoms with E-state index in [1.807, 2.05) is 18.2 Å². The molecule has 0 bridgehead atoms. The van der Waals surface area contributed by atoms with Crippen molar-refractivity contribution in [3.63, 3.8) is 0 Å². The lowest BCUT2D eigenvalue weighted by Crippen LogP contribution is -2.14. The fraction of sp³-hybridized carbons (Fsp3) is 0.0667. The van der Waals surface area contributed by atoms with E-state index in [4.69, 9.17) is 9.97 Å². The molecule has 0 saturated carbocycles. The van der Waals surface area contributed by atoms with E-state index in [9.17, 15) is 0 Å². The number of pyridine rings is 2. The second-order valence-electron chi connectivity index (χ2n) is 13.1. The summed E-state index contributed by atoms with van der Waals surface area (Å²) < 4.78 is 0. The van der Waals surface area contributed by atoms with Gasteiger partial charge in [-0.15, -0.1) is 0 Å². The molecule has 0 aliphatic heterocycles. The highest BCUT2D eigenvalue weighted by Crippen LogP contribution is 2.49. The molecule has 0 radical (unpaired) electrons. The third-order valence-electron chi connectivity index (χ3n) is 9.88. The minimum atomic E-state index is -0.00828. The van der Waals surface area contributed by atoms with E-state index in [1.54, 1.807) is 0 Å². The second kappa shape index (κ2) is 10.6. The van der Waals surface area contributed by atoms with Gasteiger partial charge in [-0.1, -0.05) is 147 Å². The van der Waals surface area contributed by atoms with Crippen molar-refractivity contribution >= 4 is 21.8 Å². The Balaban J connectivity index is 1.05. The highest BCUT2D eigenvalue weighted by atomic mass is 14.8. The summed E-state index contributed by atoms with van der Waals surface area (Å²) in [5.74, 6) is 0. The Labute approximate surface area is 275 Å². The summed E-state index contributed by atoms with van der Waals surface area (Å²) in [6.45, 7) is 4.67. The molecule has 0 atom stereocenters. The molecule has 0 unspecified atom stereocenters. The highest BCUT2D eigenvalue weighted by Gasteiger charge is 2.35. The monoisotopic (exact) mass is 600 g/mol. The quantitative estimate of drug-likeness (QED) is 0.188. The maximum atomic E-state index is 5.19. The van der Waals surface area contributed by atoms with Crippen molar-refractivity contribution in [2.24, 2.45) is 0 Å². The summed E-state index contributed by atoms with van der Waals surface area (Å²) in [4.78, 5) is 10.3. The van der Waals surface area contributed by atoms with Crippen LogP contribution in [0.1, 0.15) is 25.0 Å². The zero-order valence-corrected chi connectivity index (χ0v) is 26.4. The van der Waals surface area contributed by atoms with Crippen LogP contribution in [0.15, 0.2) is 158 Å². The molecule has 2 heterocycles. The van der Waals surface area contributed by atoms with Gasteiger partial charge in [0, 0.05) is 27.3 Å². The van der Waals surface area contributed by atoms with E-state index in [0.29, 0.717) is 0 Å². The maximum Gasteiger partial charge on any atom is 0.0972 e. The van der Waals surface area contributed by atoms with Gasteiger partial charge in [0.2, 0.25) is 0 Å². The summed E-state index contributed by atoms with van der Waals surface area (Å²) in [6, 6.07) is 56.5. The number of hydrogen-bond donors (Lipinski definition) is 0. The number of aromatic nitrogens is 2. The van der Waals surface area contributed by atoms with E-state index >= 15 is 0 Å². The molecule has 9 rings (SSSR count). The zero-order valence-electron chi connectivity index (χ0n) is 26.4. The molecule has 0 saturated heterocycles.